The molecule has 1 fully saturated rings. The Morgan fingerprint density at radius 1 is 1.20 bits per heavy atom. The predicted octanol–water partition coefficient (Wildman–Crippen LogP) is 2.98. The molecule has 2 heterocycles. The second kappa shape index (κ2) is 7.27. The van der Waals surface area contributed by atoms with Gasteiger partial charge in [0.15, 0.2) is 0 Å². The summed E-state index contributed by atoms with van der Waals surface area (Å²) in [6, 6.07) is 5.42. The van der Waals surface area contributed by atoms with Crippen LogP contribution >= 0.6 is 11.6 Å². The van der Waals surface area contributed by atoms with Crippen molar-refractivity contribution in [2.45, 2.75) is 37.7 Å². The molecule has 134 valence electrons. The molecule has 2 aromatic rings. The van der Waals surface area contributed by atoms with E-state index < -0.39 is 10.0 Å². The molecule has 1 aliphatic rings. The highest BCUT2D eigenvalue weighted by Crippen LogP contribution is 2.24. The van der Waals surface area contributed by atoms with E-state index in [9.17, 15) is 8.42 Å². The van der Waals surface area contributed by atoms with Crippen molar-refractivity contribution in [3.8, 4) is 6.01 Å². The molecule has 1 aromatic carbocycles. The molecule has 0 spiro atoms. The van der Waals surface area contributed by atoms with Crippen LogP contribution in [-0.4, -0.2) is 41.9 Å². The van der Waals surface area contributed by atoms with Crippen LogP contribution in [0.2, 0.25) is 5.02 Å². The van der Waals surface area contributed by atoms with E-state index in [1.165, 1.54) is 16.7 Å². The average molecular weight is 382 g/mol. The molecule has 0 aliphatic carbocycles. The lowest BCUT2D eigenvalue weighted by molar-refractivity contribution is 0.119. The molecule has 0 saturated carbocycles. The monoisotopic (exact) mass is 381 g/mol. The van der Waals surface area contributed by atoms with Gasteiger partial charge in [-0.15, -0.1) is 0 Å². The Hall–Kier alpha value is -1.70. The van der Waals surface area contributed by atoms with Gasteiger partial charge in [-0.25, -0.2) is 18.4 Å². The fraction of sp³-hybridized carbons (Fsp3) is 0.412. The molecular weight excluding hydrogens is 362 g/mol. The number of aromatic nitrogens is 2. The van der Waals surface area contributed by atoms with Crippen LogP contribution in [-0.2, 0) is 10.0 Å². The van der Waals surface area contributed by atoms with E-state index in [-0.39, 0.29) is 18.7 Å². The van der Waals surface area contributed by atoms with Gasteiger partial charge >= 0.3 is 6.01 Å². The van der Waals surface area contributed by atoms with Crippen LogP contribution in [0.5, 0.6) is 6.01 Å². The van der Waals surface area contributed by atoms with Crippen LogP contribution in [0.25, 0.3) is 0 Å². The van der Waals surface area contributed by atoms with Gasteiger partial charge in [0.05, 0.1) is 28.9 Å². The van der Waals surface area contributed by atoms with Crippen LogP contribution in [0.1, 0.15) is 24.0 Å². The van der Waals surface area contributed by atoms with Crippen molar-refractivity contribution in [3.05, 3.63) is 46.7 Å². The van der Waals surface area contributed by atoms with Crippen LogP contribution in [0.4, 0.5) is 0 Å². The summed E-state index contributed by atoms with van der Waals surface area (Å²) in [5.41, 5.74) is 2.03. The molecule has 25 heavy (non-hydrogen) atoms. The second-order valence-corrected chi connectivity index (χ2v) is 8.55. The van der Waals surface area contributed by atoms with Crippen molar-refractivity contribution in [2.24, 2.45) is 0 Å². The fourth-order valence-electron chi connectivity index (χ4n) is 2.75. The number of aryl methyl sites for hydroxylation is 2. The van der Waals surface area contributed by atoms with Gasteiger partial charge in [-0.05, 0) is 49.9 Å². The SMILES string of the molecule is Cc1ccc(S(=O)(=O)N2CCCC(Oc3ncc(Cl)cn3)C2)cc1C. The summed E-state index contributed by atoms with van der Waals surface area (Å²) >= 11 is 5.76. The number of halogens is 1. The Kier molecular flexibility index (Phi) is 5.27. The number of hydrogen-bond acceptors (Lipinski definition) is 5. The number of ether oxygens (including phenoxy) is 1. The first kappa shape index (κ1) is 18.1. The fourth-order valence-corrected chi connectivity index (χ4v) is 4.45. The quantitative estimate of drug-likeness (QED) is 0.814. The summed E-state index contributed by atoms with van der Waals surface area (Å²) in [7, 11) is -3.54. The summed E-state index contributed by atoms with van der Waals surface area (Å²) < 4.78 is 33.0. The molecule has 1 unspecified atom stereocenters. The van der Waals surface area contributed by atoms with E-state index >= 15 is 0 Å². The molecule has 6 nitrogen and oxygen atoms in total. The normalized spacial score (nSPS) is 18.9. The Bertz CT molecular complexity index is 856. The molecular formula is C17H20ClN3O3S. The van der Waals surface area contributed by atoms with Crippen LogP contribution < -0.4 is 4.74 Å². The summed E-state index contributed by atoms with van der Waals surface area (Å²) in [5, 5.41) is 0.426. The maximum Gasteiger partial charge on any atom is 0.316 e. The Balaban J connectivity index is 1.75. The van der Waals surface area contributed by atoms with E-state index in [1.807, 2.05) is 19.9 Å². The molecule has 0 amide bonds. The standard InChI is InChI=1S/C17H20ClN3O3S/c1-12-5-6-16(8-13(12)2)25(22,23)21-7-3-4-15(11-21)24-17-19-9-14(18)10-20-17/h5-6,8-10,15H,3-4,7,11H2,1-2H3. The molecule has 8 heteroatoms. The minimum atomic E-state index is -3.54. The van der Waals surface area contributed by atoms with E-state index in [4.69, 9.17) is 16.3 Å². The minimum Gasteiger partial charge on any atom is -0.459 e. The highest BCUT2D eigenvalue weighted by atomic mass is 35.5. The van der Waals surface area contributed by atoms with Gasteiger partial charge in [0.1, 0.15) is 6.10 Å². The van der Waals surface area contributed by atoms with Crippen LogP contribution in [0.3, 0.4) is 0 Å². The molecule has 0 bridgehead atoms. The first-order valence-electron chi connectivity index (χ1n) is 8.08. The van der Waals surface area contributed by atoms with Gasteiger partial charge in [-0.2, -0.15) is 4.31 Å². The van der Waals surface area contributed by atoms with Crippen molar-refractivity contribution in [3.63, 3.8) is 0 Å². The highest BCUT2D eigenvalue weighted by Gasteiger charge is 2.31. The van der Waals surface area contributed by atoms with Crippen molar-refractivity contribution in [1.29, 1.82) is 0 Å². The van der Waals surface area contributed by atoms with E-state index in [2.05, 4.69) is 9.97 Å². The number of rotatable bonds is 4. The average Bonchev–Trinajstić information content (AvgIpc) is 2.59. The Labute approximate surface area is 152 Å². The van der Waals surface area contributed by atoms with Gasteiger partial charge in [0.2, 0.25) is 10.0 Å². The summed E-state index contributed by atoms with van der Waals surface area (Å²) in [4.78, 5) is 8.33. The number of nitrogens with zero attached hydrogens (tertiary/aromatic N) is 3. The van der Waals surface area contributed by atoms with Gasteiger partial charge in [0, 0.05) is 6.54 Å². The summed E-state index contributed by atoms with van der Waals surface area (Å²) in [5.74, 6) is 0. The molecule has 1 atom stereocenters. The zero-order valence-electron chi connectivity index (χ0n) is 14.1. The van der Waals surface area contributed by atoms with Crippen LogP contribution in [0, 0.1) is 13.8 Å². The van der Waals surface area contributed by atoms with Gasteiger partial charge in [-0.1, -0.05) is 17.7 Å². The molecule has 0 radical (unpaired) electrons. The lowest BCUT2D eigenvalue weighted by Crippen LogP contribution is -2.44. The Morgan fingerprint density at radius 2 is 1.92 bits per heavy atom. The topological polar surface area (TPSA) is 72.4 Å². The number of hydrogen-bond donors (Lipinski definition) is 0. The van der Waals surface area contributed by atoms with Gasteiger partial charge in [0.25, 0.3) is 0 Å². The molecule has 3 rings (SSSR count). The van der Waals surface area contributed by atoms with Gasteiger partial charge < -0.3 is 4.74 Å². The molecule has 1 saturated heterocycles. The zero-order valence-corrected chi connectivity index (χ0v) is 15.7. The third kappa shape index (κ3) is 4.11. The Morgan fingerprint density at radius 3 is 2.60 bits per heavy atom. The molecule has 1 aromatic heterocycles. The number of benzene rings is 1. The van der Waals surface area contributed by atoms with Gasteiger partial charge in [-0.3, -0.25) is 0 Å². The first-order valence-corrected chi connectivity index (χ1v) is 9.89. The highest BCUT2D eigenvalue weighted by molar-refractivity contribution is 7.89. The smallest absolute Gasteiger partial charge is 0.316 e. The van der Waals surface area contributed by atoms with Crippen molar-refractivity contribution in [2.75, 3.05) is 13.1 Å². The number of piperidine rings is 1. The lowest BCUT2D eigenvalue weighted by Gasteiger charge is -2.31. The number of sulfonamides is 1. The van der Waals surface area contributed by atoms with Crippen LogP contribution in [0.15, 0.2) is 35.5 Å². The largest absolute Gasteiger partial charge is 0.459 e. The van der Waals surface area contributed by atoms with E-state index in [0.717, 1.165) is 24.0 Å². The van der Waals surface area contributed by atoms with Crippen molar-refractivity contribution < 1.29 is 13.2 Å². The maximum atomic E-state index is 12.9. The summed E-state index contributed by atoms with van der Waals surface area (Å²) in [6.45, 7) is 4.63. The zero-order chi connectivity index (χ0) is 18.0. The first-order chi connectivity index (χ1) is 11.9. The molecule has 1 aliphatic heterocycles. The minimum absolute atomic E-state index is 0.208. The van der Waals surface area contributed by atoms with Crippen molar-refractivity contribution >= 4 is 21.6 Å². The molecule has 0 N–H and O–H groups in total. The summed E-state index contributed by atoms with van der Waals surface area (Å²) in [6.07, 6.45) is 4.11. The third-order valence-corrected chi connectivity index (χ3v) is 6.38. The lowest BCUT2D eigenvalue weighted by atomic mass is 10.1. The second-order valence-electron chi connectivity index (χ2n) is 6.18. The maximum absolute atomic E-state index is 12.9. The van der Waals surface area contributed by atoms with E-state index in [1.54, 1.807) is 12.1 Å². The van der Waals surface area contributed by atoms with Crippen molar-refractivity contribution in [1.82, 2.24) is 14.3 Å². The van der Waals surface area contributed by atoms with E-state index in [0.29, 0.717) is 16.5 Å². The predicted molar refractivity (Wildman–Crippen MR) is 95.4 cm³/mol. The third-order valence-electron chi connectivity index (χ3n) is 4.33.